The number of hydrogen-bond acceptors (Lipinski definition) is 6. The van der Waals surface area contributed by atoms with Gasteiger partial charge in [0.1, 0.15) is 5.37 Å². The molecule has 11 aromatic rings. The zero-order valence-corrected chi connectivity index (χ0v) is 35.2. The molecule has 0 fully saturated rings. The highest BCUT2D eigenvalue weighted by atomic mass is 32.2. The van der Waals surface area contributed by atoms with E-state index in [-0.39, 0.29) is 5.37 Å². The summed E-state index contributed by atoms with van der Waals surface area (Å²) >= 11 is 1.77. The number of thioether (sulfide) groups is 1. The summed E-state index contributed by atoms with van der Waals surface area (Å²) in [5, 5.41) is 10.9. The van der Waals surface area contributed by atoms with Gasteiger partial charge < -0.3 is 9.88 Å². The average Bonchev–Trinajstić information content (AvgIpc) is 3.91. The van der Waals surface area contributed by atoms with Gasteiger partial charge in [-0.1, -0.05) is 157 Å². The van der Waals surface area contributed by atoms with E-state index in [0.29, 0.717) is 11.6 Å². The van der Waals surface area contributed by atoms with E-state index < -0.39 is 0 Å². The number of para-hydroxylation sites is 2. The topological polar surface area (TPSA) is 68.5 Å². The lowest BCUT2D eigenvalue weighted by Crippen LogP contribution is -2.20. The molecule has 2 aliphatic heterocycles. The van der Waals surface area contributed by atoms with Gasteiger partial charge in [0, 0.05) is 49.9 Å². The van der Waals surface area contributed by atoms with Crippen LogP contribution in [0.4, 0.5) is 0 Å². The summed E-state index contributed by atoms with van der Waals surface area (Å²) in [6.45, 7) is 0. The first-order chi connectivity index (χ1) is 31.7. The van der Waals surface area contributed by atoms with E-state index in [1.807, 2.05) is 24.4 Å². The van der Waals surface area contributed by atoms with Crippen molar-refractivity contribution in [1.82, 2.24) is 29.8 Å². The molecule has 0 saturated carbocycles. The lowest BCUT2D eigenvalue weighted by Gasteiger charge is -2.14. The molecule has 2 aliphatic rings. The molecule has 3 aromatic heterocycles. The molecule has 0 radical (unpaired) electrons. The number of dihydropyridines is 1. The van der Waals surface area contributed by atoms with Gasteiger partial charge in [0.2, 0.25) is 0 Å². The molecule has 300 valence electrons. The zero-order chi connectivity index (χ0) is 42.1. The maximum Gasteiger partial charge on any atom is 0.160 e. The number of benzene rings is 8. The van der Waals surface area contributed by atoms with Crippen molar-refractivity contribution < 1.29 is 0 Å². The molecule has 1 unspecified atom stereocenters. The standard InChI is InChI=1S/C57H36N6S/c1-2-12-37(13-3-1)55-59-48(34-49(60-55)41-16-10-17-44(33-41)63-50-21-8-6-18-45(50)46-19-7-9-22-51(46)63)35-23-25-36(26-24-35)52-54-53(47-20-11-29-58-57(47)64-54)62-56(61-52)42-28-27-40-30-38-14-4-5-15-39(38)31-43(40)32-42/h1-34,57-58H. The van der Waals surface area contributed by atoms with E-state index in [9.17, 15) is 0 Å². The van der Waals surface area contributed by atoms with Crippen LogP contribution in [0.15, 0.2) is 211 Å². The molecular formula is C57H36N6S. The Balaban J connectivity index is 0.918. The van der Waals surface area contributed by atoms with Gasteiger partial charge in [0.05, 0.1) is 38.7 Å². The predicted octanol–water partition coefficient (Wildman–Crippen LogP) is 13.9. The Morgan fingerprint density at radius 2 is 1.05 bits per heavy atom. The molecule has 5 heterocycles. The Kier molecular flexibility index (Phi) is 8.42. The Bertz CT molecular complexity index is 3690. The maximum atomic E-state index is 5.35. The van der Waals surface area contributed by atoms with Crippen LogP contribution in [-0.4, -0.2) is 29.9 Å². The molecule has 1 atom stereocenters. The monoisotopic (exact) mass is 836 g/mol. The molecule has 1 N–H and O–H groups in total. The fraction of sp³-hybridized carbons (Fsp3) is 0.0175. The first kappa shape index (κ1) is 36.5. The molecule has 64 heavy (non-hydrogen) atoms. The van der Waals surface area contributed by atoms with E-state index in [1.54, 1.807) is 11.8 Å². The van der Waals surface area contributed by atoms with Gasteiger partial charge in [-0.05, 0) is 82.4 Å². The van der Waals surface area contributed by atoms with E-state index in [2.05, 4.69) is 192 Å². The van der Waals surface area contributed by atoms with Crippen LogP contribution in [0.3, 0.4) is 0 Å². The summed E-state index contributed by atoms with van der Waals surface area (Å²) < 4.78 is 2.35. The third kappa shape index (κ3) is 6.12. The van der Waals surface area contributed by atoms with Gasteiger partial charge in [0.25, 0.3) is 0 Å². The van der Waals surface area contributed by atoms with Crippen molar-refractivity contribution in [3.05, 3.63) is 212 Å². The molecule has 0 saturated heterocycles. The van der Waals surface area contributed by atoms with Crippen LogP contribution in [0.5, 0.6) is 0 Å². The summed E-state index contributed by atoms with van der Waals surface area (Å²) in [7, 11) is 0. The summed E-state index contributed by atoms with van der Waals surface area (Å²) in [5.41, 5.74) is 13.1. The average molecular weight is 837 g/mol. The van der Waals surface area contributed by atoms with Crippen LogP contribution in [0, 0.1) is 0 Å². The van der Waals surface area contributed by atoms with E-state index in [4.69, 9.17) is 19.9 Å². The summed E-state index contributed by atoms with van der Waals surface area (Å²) in [6.07, 6.45) is 6.23. The van der Waals surface area contributed by atoms with Crippen molar-refractivity contribution in [2.45, 2.75) is 10.3 Å². The highest BCUT2D eigenvalue weighted by molar-refractivity contribution is 8.01. The van der Waals surface area contributed by atoms with Crippen LogP contribution in [0.2, 0.25) is 0 Å². The minimum atomic E-state index is 0.0786. The minimum Gasteiger partial charge on any atom is -0.375 e. The molecule has 13 rings (SSSR count). The number of aromatic nitrogens is 5. The van der Waals surface area contributed by atoms with Crippen molar-refractivity contribution in [2.75, 3.05) is 0 Å². The number of fused-ring (bicyclic) bond motifs is 8. The second-order valence-corrected chi connectivity index (χ2v) is 17.4. The predicted molar refractivity (Wildman–Crippen MR) is 264 cm³/mol. The summed E-state index contributed by atoms with van der Waals surface area (Å²) in [4.78, 5) is 22.1. The second kappa shape index (κ2) is 14.8. The minimum absolute atomic E-state index is 0.0786. The van der Waals surface area contributed by atoms with Crippen molar-refractivity contribution in [3.63, 3.8) is 0 Å². The van der Waals surface area contributed by atoms with Gasteiger partial charge in [0.15, 0.2) is 11.6 Å². The summed E-state index contributed by atoms with van der Waals surface area (Å²) in [5.74, 6) is 1.38. The highest BCUT2D eigenvalue weighted by Gasteiger charge is 2.33. The smallest absolute Gasteiger partial charge is 0.160 e. The molecule has 8 aromatic carbocycles. The normalized spacial score (nSPS) is 14.2. The number of rotatable bonds is 6. The van der Waals surface area contributed by atoms with E-state index in [0.717, 1.165) is 66.6 Å². The van der Waals surface area contributed by atoms with Gasteiger partial charge in [-0.15, -0.1) is 0 Å². The molecule has 0 aliphatic carbocycles. The molecule has 0 spiro atoms. The van der Waals surface area contributed by atoms with Crippen LogP contribution in [-0.2, 0) is 0 Å². The highest BCUT2D eigenvalue weighted by Crippen LogP contribution is 2.48. The Morgan fingerprint density at radius 3 is 1.83 bits per heavy atom. The third-order valence-electron chi connectivity index (χ3n) is 12.4. The third-order valence-corrected chi connectivity index (χ3v) is 13.7. The number of nitrogens with one attached hydrogen (secondary N) is 1. The van der Waals surface area contributed by atoms with Crippen molar-refractivity contribution in [1.29, 1.82) is 0 Å². The molecular weight excluding hydrogens is 801 g/mol. The number of nitrogens with zero attached hydrogens (tertiary/aromatic N) is 5. The van der Waals surface area contributed by atoms with Crippen LogP contribution >= 0.6 is 11.8 Å². The number of allylic oxidation sites excluding steroid dienone is 2. The largest absolute Gasteiger partial charge is 0.375 e. The lowest BCUT2D eigenvalue weighted by atomic mass is 10.0. The first-order valence-corrected chi connectivity index (χ1v) is 22.4. The molecule has 6 nitrogen and oxygen atoms in total. The quantitative estimate of drug-likeness (QED) is 0.168. The number of hydrogen-bond donors (Lipinski definition) is 1. The van der Waals surface area contributed by atoms with Crippen molar-refractivity contribution >= 4 is 60.7 Å². The Hall–Kier alpha value is -8.13. The Morgan fingerprint density at radius 1 is 0.438 bits per heavy atom. The van der Waals surface area contributed by atoms with Crippen molar-refractivity contribution in [3.8, 4) is 62.2 Å². The summed E-state index contributed by atoms with van der Waals surface area (Å²) in [6, 6.07) is 66.5. The fourth-order valence-corrected chi connectivity index (χ4v) is 10.6. The van der Waals surface area contributed by atoms with Crippen LogP contribution < -0.4 is 5.32 Å². The molecule has 0 amide bonds. The van der Waals surface area contributed by atoms with Crippen LogP contribution in [0.25, 0.3) is 111 Å². The van der Waals surface area contributed by atoms with Gasteiger partial charge >= 0.3 is 0 Å². The zero-order valence-electron chi connectivity index (χ0n) is 34.4. The fourth-order valence-electron chi connectivity index (χ4n) is 9.32. The SMILES string of the molecule is C1=CNC2Sc3c(nc(-c4ccc5cc6ccccc6cc5c4)nc3-c3ccc(-c4cc(-c5cccc(-n6c7ccccc7c7ccccc76)c5)nc(-c5ccccc5)n4)cc3)C2=C1. The van der Waals surface area contributed by atoms with Gasteiger partial charge in [-0.2, -0.15) is 0 Å². The van der Waals surface area contributed by atoms with Crippen molar-refractivity contribution in [2.24, 2.45) is 0 Å². The maximum absolute atomic E-state index is 5.35. The second-order valence-electron chi connectivity index (χ2n) is 16.3. The molecule has 7 heteroatoms. The van der Waals surface area contributed by atoms with E-state index in [1.165, 1.54) is 43.5 Å². The van der Waals surface area contributed by atoms with Crippen LogP contribution in [0.1, 0.15) is 5.69 Å². The van der Waals surface area contributed by atoms with E-state index >= 15 is 0 Å². The van der Waals surface area contributed by atoms with Gasteiger partial charge in [-0.25, -0.2) is 19.9 Å². The lowest BCUT2D eigenvalue weighted by molar-refractivity contribution is 0.933. The van der Waals surface area contributed by atoms with Gasteiger partial charge in [-0.3, -0.25) is 0 Å². The Labute approximate surface area is 373 Å². The first-order valence-electron chi connectivity index (χ1n) is 21.5. The molecule has 0 bridgehead atoms.